The minimum atomic E-state index is 0.300. The molecule has 1 fully saturated rings. The Balaban J connectivity index is 2.23. The lowest BCUT2D eigenvalue weighted by Crippen LogP contribution is -2.39. The summed E-state index contributed by atoms with van der Waals surface area (Å²) in [7, 11) is 3.79. The summed E-state index contributed by atoms with van der Waals surface area (Å²) in [5, 5.41) is 3.35. The molecule has 1 aliphatic rings. The highest BCUT2D eigenvalue weighted by atomic mass is 16.5. The van der Waals surface area contributed by atoms with E-state index in [2.05, 4.69) is 30.4 Å². The van der Waals surface area contributed by atoms with Gasteiger partial charge in [-0.1, -0.05) is 17.7 Å². The Hall–Kier alpha value is -1.06. The van der Waals surface area contributed by atoms with Crippen molar-refractivity contribution in [3.05, 3.63) is 29.3 Å². The smallest absolute Gasteiger partial charge is 0.122 e. The van der Waals surface area contributed by atoms with Crippen molar-refractivity contribution in [3.63, 3.8) is 0 Å². The number of hydrogen-bond donors (Lipinski definition) is 1. The highest BCUT2D eigenvalue weighted by Gasteiger charge is 2.33. The Morgan fingerprint density at radius 2 is 2.05 bits per heavy atom. The van der Waals surface area contributed by atoms with Crippen LogP contribution in [0.3, 0.4) is 0 Å². The molecule has 3 nitrogen and oxygen atoms in total. The second kappa shape index (κ2) is 6.40. The first-order valence-corrected chi connectivity index (χ1v) is 7.05. The zero-order valence-corrected chi connectivity index (χ0v) is 12.3. The van der Waals surface area contributed by atoms with Crippen LogP contribution in [-0.4, -0.2) is 33.9 Å². The van der Waals surface area contributed by atoms with E-state index in [1.807, 2.05) is 7.05 Å². The van der Waals surface area contributed by atoms with Gasteiger partial charge in [-0.2, -0.15) is 0 Å². The van der Waals surface area contributed by atoms with Crippen molar-refractivity contribution in [1.29, 1.82) is 0 Å². The van der Waals surface area contributed by atoms with Crippen LogP contribution in [0, 0.1) is 12.3 Å². The predicted molar refractivity (Wildman–Crippen MR) is 77.8 cm³/mol. The number of nitrogens with one attached hydrogen (secondary N) is 1. The van der Waals surface area contributed by atoms with Crippen LogP contribution < -0.4 is 10.1 Å². The maximum absolute atomic E-state index is 5.53. The van der Waals surface area contributed by atoms with E-state index in [-0.39, 0.29) is 0 Å². The molecule has 0 aromatic heterocycles. The summed E-state index contributed by atoms with van der Waals surface area (Å²) < 4.78 is 11.0. The highest BCUT2D eigenvalue weighted by molar-refractivity contribution is 5.37. The fourth-order valence-corrected chi connectivity index (χ4v) is 3.04. The summed E-state index contributed by atoms with van der Waals surface area (Å²) >= 11 is 0. The van der Waals surface area contributed by atoms with Crippen LogP contribution in [0.5, 0.6) is 5.75 Å². The summed E-state index contributed by atoms with van der Waals surface area (Å²) in [6, 6.07) is 6.44. The van der Waals surface area contributed by atoms with Crippen molar-refractivity contribution in [2.24, 2.45) is 5.41 Å². The second-order valence-electron chi connectivity index (χ2n) is 5.63. The fraction of sp³-hybridized carbons (Fsp3) is 0.625. The molecule has 0 amide bonds. The lowest BCUT2D eigenvalue weighted by molar-refractivity contribution is 0.0156. The van der Waals surface area contributed by atoms with Crippen molar-refractivity contribution in [3.8, 4) is 5.75 Å². The van der Waals surface area contributed by atoms with Crippen molar-refractivity contribution in [1.82, 2.24) is 5.32 Å². The number of benzene rings is 1. The van der Waals surface area contributed by atoms with E-state index < -0.39 is 0 Å². The number of methoxy groups -OCH3 is 1. The van der Waals surface area contributed by atoms with Crippen LogP contribution in [0.4, 0.5) is 0 Å². The van der Waals surface area contributed by atoms with Crippen LogP contribution in [0.2, 0.25) is 0 Å². The van der Waals surface area contributed by atoms with E-state index in [1.54, 1.807) is 7.11 Å². The maximum Gasteiger partial charge on any atom is 0.122 e. The molecule has 1 N–H and O–H groups in total. The molecule has 0 saturated carbocycles. The van der Waals surface area contributed by atoms with Gasteiger partial charge in [0.05, 0.1) is 7.11 Å². The highest BCUT2D eigenvalue weighted by Crippen LogP contribution is 2.36. The monoisotopic (exact) mass is 263 g/mol. The number of hydrogen-bond acceptors (Lipinski definition) is 3. The van der Waals surface area contributed by atoms with Gasteiger partial charge >= 0.3 is 0 Å². The summed E-state index contributed by atoms with van der Waals surface area (Å²) in [5.41, 5.74) is 2.91. The van der Waals surface area contributed by atoms with Crippen molar-refractivity contribution < 1.29 is 9.47 Å². The summed E-state index contributed by atoms with van der Waals surface area (Å²) in [6.07, 6.45) is 3.29. The normalized spacial score (nSPS) is 18.3. The van der Waals surface area contributed by atoms with E-state index in [0.29, 0.717) is 5.41 Å². The summed E-state index contributed by atoms with van der Waals surface area (Å²) in [6.45, 7) is 4.91. The molecule has 0 bridgehead atoms. The van der Waals surface area contributed by atoms with Gasteiger partial charge in [0.1, 0.15) is 5.75 Å². The van der Waals surface area contributed by atoms with E-state index in [9.17, 15) is 0 Å². The van der Waals surface area contributed by atoms with Gasteiger partial charge in [0, 0.05) is 19.8 Å². The predicted octanol–water partition coefficient (Wildman–Crippen LogP) is 2.56. The van der Waals surface area contributed by atoms with E-state index >= 15 is 0 Å². The molecular formula is C16H25NO2. The number of rotatable bonds is 5. The minimum absolute atomic E-state index is 0.300. The van der Waals surface area contributed by atoms with Crippen molar-refractivity contribution in [2.45, 2.75) is 26.2 Å². The molecule has 1 saturated heterocycles. The van der Waals surface area contributed by atoms with Crippen LogP contribution in [-0.2, 0) is 11.2 Å². The van der Waals surface area contributed by atoms with Gasteiger partial charge in [0.25, 0.3) is 0 Å². The molecule has 0 spiro atoms. The zero-order chi connectivity index (χ0) is 13.7. The Labute approximate surface area is 116 Å². The van der Waals surface area contributed by atoms with Crippen LogP contribution in [0.1, 0.15) is 24.0 Å². The van der Waals surface area contributed by atoms with E-state index in [4.69, 9.17) is 9.47 Å². The molecule has 2 rings (SSSR count). The molecule has 0 radical (unpaired) electrons. The van der Waals surface area contributed by atoms with E-state index in [0.717, 1.165) is 44.8 Å². The molecular weight excluding hydrogens is 238 g/mol. The second-order valence-corrected chi connectivity index (χ2v) is 5.63. The first-order valence-electron chi connectivity index (χ1n) is 7.05. The molecule has 1 aliphatic heterocycles. The number of ether oxygens (including phenoxy) is 2. The Morgan fingerprint density at radius 3 is 2.68 bits per heavy atom. The first-order chi connectivity index (χ1) is 9.19. The quantitative estimate of drug-likeness (QED) is 0.885. The lowest BCUT2D eigenvalue weighted by Gasteiger charge is -2.37. The topological polar surface area (TPSA) is 30.5 Å². The van der Waals surface area contributed by atoms with Gasteiger partial charge in [0.2, 0.25) is 0 Å². The standard InChI is InChI=1S/C16H25NO2/c1-13-4-5-15(18-3)14(10-13)11-16(12-17-2)6-8-19-9-7-16/h4-5,10,17H,6-9,11-12H2,1-3H3. The molecule has 0 aliphatic carbocycles. The third kappa shape index (κ3) is 3.48. The largest absolute Gasteiger partial charge is 0.496 e. The van der Waals surface area contributed by atoms with Gasteiger partial charge in [-0.25, -0.2) is 0 Å². The third-order valence-electron chi connectivity index (χ3n) is 4.11. The molecule has 1 aromatic carbocycles. The van der Waals surface area contributed by atoms with Crippen LogP contribution in [0.25, 0.3) is 0 Å². The lowest BCUT2D eigenvalue weighted by atomic mass is 9.75. The SMILES string of the molecule is CNCC1(Cc2cc(C)ccc2OC)CCOCC1. The molecule has 3 heteroatoms. The Bertz CT molecular complexity index is 406. The minimum Gasteiger partial charge on any atom is -0.496 e. The average molecular weight is 263 g/mol. The molecule has 0 unspecified atom stereocenters. The van der Waals surface area contributed by atoms with Gasteiger partial charge < -0.3 is 14.8 Å². The molecule has 0 atom stereocenters. The van der Waals surface area contributed by atoms with Gasteiger partial charge in [-0.05, 0) is 50.3 Å². The maximum atomic E-state index is 5.53. The molecule has 1 heterocycles. The summed E-state index contributed by atoms with van der Waals surface area (Å²) in [4.78, 5) is 0. The average Bonchev–Trinajstić information content (AvgIpc) is 2.40. The first kappa shape index (κ1) is 14.4. The Kier molecular flexibility index (Phi) is 4.83. The third-order valence-corrected chi connectivity index (χ3v) is 4.11. The molecule has 1 aromatic rings. The van der Waals surface area contributed by atoms with E-state index in [1.165, 1.54) is 11.1 Å². The number of aryl methyl sites for hydroxylation is 1. The summed E-state index contributed by atoms with van der Waals surface area (Å²) in [5.74, 6) is 1.01. The molecule has 106 valence electrons. The van der Waals surface area contributed by atoms with Crippen molar-refractivity contribution >= 4 is 0 Å². The fourth-order valence-electron chi connectivity index (χ4n) is 3.04. The van der Waals surface area contributed by atoms with Crippen molar-refractivity contribution in [2.75, 3.05) is 33.9 Å². The Morgan fingerprint density at radius 1 is 1.32 bits per heavy atom. The zero-order valence-electron chi connectivity index (χ0n) is 12.3. The van der Waals surface area contributed by atoms with Gasteiger partial charge in [0.15, 0.2) is 0 Å². The van der Waals surface area contributed by atoms with Gasteiger partial charge in [-0.15, -0.1) is 0 Å². The van der Waals surface area contributed by atoms with Crippen LogP contribution >= 0.6 is 0 Å². The molecule has 19 heavy (non-hydrogen) atoms. The van der Waals surface area contributed by atoms with Gasteiger partial charge in [-0.3, -0.25) is 0 Å². The van der Waals surface area contributed by atoms with Crippen LogP contribution in [0.15, 0.2) is 18.2 Å².